The van der Waals surface area contributed by atoms with Crippen molar-refractivity contribution in [3.05, 3.63) is 36.5 Å². The smallest absolute Gasteiger partial charge is 0.248 e. The van der Waals surface area contributed by atoms with Gasteiger partial charge in [0.1, 0.15) is 5.60 Å². The summed E-state index contributed by atoms with van der Waals surface area (Å²) < 4.78 is 22.8. The number of ether oxygens (including phenoxy) is 4. The number of rotatable bonds is 3. The molecule has 1 saturated heterocycles. The van der Waals surface area contributed by atoms with E-state index in [1.807, 2.05) is 6.08 Å². The molecule has 0 bridgehead atoms. The second kappa shape index (κ2) is 5.34. The van der Waals surface area contributed by atoms with Crippen LogP contribution in [0.15, 0.2) is 36.5 Å². The van der Waals surface area contributed by atoms with Gasteiger partial charge in [0.25, 0.3) is 0 Å². The van der Waals surface area contributed by atoms with Crippen molar-refractivity contribution in [3.63, 3.8) is 0 Å². The minimum atomic E-state index is -1.19. The Kier molecular flexibility index (Phi) is 3.80. The molecule has 3 atom stereocenters. The first-order valence-electron chi connectivity index (χ1n) is 7.28. The Bertz CT molecular complexity index is 453. The number of aliphatic hydroxyl groups is 1. The van der Waals surface area contributed by atoms with E-state index in [0.717, 1.165) is 12.8 Å². The van der Waals surface area contributed by atoms with Crippen molar-refractivity contribution in [2.24, 2.45) is 5.92 Å². The van der Waals surface area contributed by atoms with Gasteiger partial charge in [0.05, 0.1) is 13.2 Å². The van der Waals surface area contributed by atoms with Crippen molar-refractivity contribution in [1.29, 1.82) is 0 Å². The maximum atomic E-state index is 11.0. The molecule has 3 aliphatic rings. The van der Waals surface area contributed by atoms with Crippen molar-refractivity contribution in [1.82, 2.24) is 0 Å². The van der Waals surface area contributed by atoms with E-state index in [-0.39, 0.29) is 5.92 Å². The molecule has 1 N–H and O–H groups in total. The molecule has 116 valence electrons. The van der Waals surface area contributed by atoms with Crippen LogP contribution in [0.1, 0.15) is 12.8 Å². The molecule has 0 aromatic rings. The largest absolute Gasteiger partial charge is 0.381 e. The van der Waals surface area contributed by atoms with E-state index in [2.05, 4.69) is 6.08 Å². The molecular formula is C16H22O5. The molecule has 2 aliphatic carbocycles. The molecular weight excluding hydrogens is 272 g/mol. The first-order chi connectivity index (χ1) is 10.1. The van der Waals surface area contributed by atoms with Crippen LogP contribution in [0.25, 0.3) is 0 Å². The summed E-state index contributed by atoms with van der Waals surface area (Å²) in [6, 6.07) is 0. The Hall–Kier alpha value is -0.980. The molecule has 5 heteroatoms. The van der Waals surface area contributed by atoms with Crippen LogP contribution in [-0.4, -0.2) is 49.7 Å². The standard InChI is InChI=1S/C16H22O5/c1-18-15-9-7-14(17,13-5-3-4-6-13)8-10-16(15,19-2)21-12-11-20-15/h3,5,7-10,13,17H,4,6,11-12H2,1-2H3/t13?,15-,16-/m1/s1. The number of hydrogen-bond acceptors (Lipinski definition) is 5. The fourth-order valence-corrected chi connectivity index (χ4v) is 3.26. The lowest BCUT2D eigenvalue weighted by Gasteiger charge is -2.46. The summed E-state index contributed by atoms with van der Waals surface area (Å²) >= 11 is 0. The van der Waals surface area contributed by atoms with Gasteiger partial charge in [-0.2, -0.15) is 0 Å². The predicted octanol–water partition coefficient (Wildman–Crippen LogP) is 1.54. The third-order valence-corrected chi connectivity index (χ3v) is 4.55. The monoisotopic (exact) mass is 294 g/mol. The van der Waals surface area contributed by atoms with Gasteiger partial charge in [-0.15, -0.1) is 0 Å². The second-order valence-electron chi connectivity index (χ2n) is 5.61. The van der Waals surface area contributed by atoms with E-state index < -0.39 is 17.2 Å². The summed E-state index contributed by atoms with van der Waals surface area (Å²) in [5.74, 6) is -2.35. The van der Waals surface area contributed by atoms with Gasteiger partial charge in [-0.1, -0.05) is 12.2 Å². The normalized spacial score (nSPS) is 41.0. The van der Waals surface area contributed by atoms with Crippen molar-refractivity contribution in [2.75, 3.05) is 27.4 Å². The van der Waals surface area contributed by atoms with Crippen molar-refractivity contribution >= 4 is 0 Å². The third-order valence-electron chi connectivity index (χ3n) is 4.55. The zero-order valence-electron chi connectivity index (χ0n) is 12.5. The maximum absolute atomic E-state index is 11.0. The molecule has 1 fully saturated rings. The average Bonchev–Trinajstić information content (AvgIpc) is 3.02. The Labute approximate surface area is 124 Å². The molecule has 21 heavy (non-hydrogen) atoms. The van der Waals surface area contributed by atoms with Crippen molar-refractivity contribution in [2.45, 2.75) is 30.0 Å². The topological polar surface area (TPSA) is 57.2 Å². The summed E-state index contributed by atoms with van der Waals surface area (Å²) in [4.78, 5) is 0. The molecule has 1 aliphatic heterocycles. The van der Waals surface area contributed by atoms with Crippen LogP contribution >= 0.6 is 0 Å². The highest BCUT2D eigenvalue weighted by atomic mass is 16.8. The summed E-state index contributed by atoms with van der Waals surface area (Å²) in [5.41, 5.74) is -1.09. The highest BCUT2D eigenvalue weighted by Gasteiger charge is 2.57. The fourth-order valence-electron chi connectivity index (χ4n) is 3.26. The Morgan fingerprint density at radius 2 is 1.57 bits per heavy atom. The molecule has 0 saturated carbocycles. The van der Waals surface area contributed by atoms with Crippen LogP contribution in [-0.2, 0) is 18.9 Å². The van der Waals surface area contributed by atoms with E-state index in [1.54, 1.807) is 38.5 Å². The quantitative estimate of drug-likeness (QED) is 0.800. The molecule has 0 aromatic heterocycles. The van der Waals surface area contributed by atoms with E-state index >= 15 is 0 Å². The zero-order chi connectivity index (χ0) is 15.0. The Morgan fingerprint density at radius 3 is 2.00 bits per heavy atom. The molecule has 5 nitrogen and oxygen atoms in total. The van der Waals surface area contributed by atoms with E-state index in [1.165, 1.54) is 0 Å². The minimum Gasteiger partial charge on any atom is -0.381 e. The van der Waals surface area contributed by atoms with Crippen LogP contribution in [0.3, 0.4) is 0 Å². The second-order valence-corrected chi connectivity index (χ2v) is 5.61. The van der Waals surface area contributed by atoms with Gasteiger partial charge in [-0.3, -0.25) is 0 Å². The molecule has 1 unspecified atom stereocenters. The highest BCUT2D eigenvalue weighted by molar-refractivity contribution is 5.31. The molecule has 0 amide bonds. The number of methoxy groups -OCH3 is 2. The first kappa shape index (κ1) is 14.9. The predicted molar refractivity (Wildman–Crippen MR) is 76.5 cm³/mol. The van der Waals surface area contributed by atoms with Crippen LogP contribution in [0.5, 0.6) is 0 Å². The van der Waals surface area contributed by atoms with E-state index in [9.17, 15) is 5.11 Å². The first-order valence-corrected chi connectivity index (χ1v) is 7.28. The molecule has 0 radical (unpaired) electrons. The number of fused-ring (bicyclic) bond motifs is 1. The van der Waals surface area contributed by atoms with Crippen molar-refractivity contribution < 1.29 is 24.1 Å². The van der Waals surface area contributed by atoms with E-state index in [0.29, 0.717) is 13.2 Å². The van der Waals surface area contributed by atoms with Gasteiger partial charge in [-0.25, -0.2) is 0 Å². The number of allylic oxidation sites excluding steroid dienone is 1. The Morgan fingerprint density at radius 1 is 1.00 bits per heavy atom. The van der Waals surface area contributed by atoms with Crippen molar-refractivity contribution in [3.8, 4) is 0 Å². The van der Waals surface area contributed by atoms with E-state index in [4.69, 9.17) is 18.9 Å². The van der Waals surface area contributed by atoms with Gasteiger partial charge in [0, 0.05) is 20.1 Å². The average molecular weight is 294 g/mol. The van der Waals surface area contributed by atoms with Crippen LogP contribution in [0, 0.1) is 5.92 Å². The molecule has 3 rings (SSSR count). The molecule has 0 aromatic carbocycles. The summed E-state index contributed by atoms with van der Waals surface area (Å²) in [7, 11) is 3.08. The van der Waals surface area contributed by atoms with Gasteiger partial charge in [0.15, 0.2) is 0 Å². The molecule has 1 heterocycles. The lowest BCUT2D eigenvalue weighted by atomic mass is 9.86. The highest BCUT2D eigenvalue weighted by Crippen LogP contribution is 2.42. The van der Waals surface area contributed by atoms with Gasteiger partial charge < -0.3 is 24.1 Å². The lowest BCUT2D eigenvalue weighted by molar-refractivity contribution is -0.389. The van der Waals surface area contributed by atoms with Gasteiger partial charge in [-0.05, 0) is 37.1 Å². The van der Waals surface area contributed by atoms with Crippen LogP contribution < -0.4 is 0 Å². The molecule has 0 spiro atoms. The maximum Gasteiger partial charge on any atom is 0.248 e. The zero-order valence-corrected chi connectivity index (χ0v) is 12.5. The summed E-state index contributed by atoms with van der Waals surface area (Å²) in [6.45, 7) is 0.803. The Balaban J connectivity index is 2.03. The summed E-state index contributed by atoms with van der Waals surface area (Å²) in [5, 5.41) is 11.0. The van der Waals surface area contributed by atoms with Crippen LogP contribution in [0.2, 0.25) is 0 Å². The SMILES string of the molecule is CO[C@@]12C=CC(O)(C3C=CCC3)C=C[C@@]1(OC)OCCO2. The third kappa shape index (κ3) is 2.20. The van der Waals surface area contributed by atoms with Gasteiger partial charge in [0.2, 0.25) is 11.6 Å². The fraction of sp³-hybridized carbons (Fsp3) is 0.625. The number of hydrogen-bond donors (Lipinski definition) is 1. The van der Waals surface area contributed by atoms with Gasteiger partial charge >= 0.3 is 0 Å². The van der Waals surface area contributed by atoms with Crippen LogP contribution in [0.4, 0.5) is 0 Å². The lowest BCUT2D eigenvalue weighted by Crippen LogP contribution is -2.61. The summed E-state index contributed by atoms with van der Waals surface area (Å²) in [6.07, 6.45) is 12.9. The minimum absolute atomic E-state index is 0.0352.